The Morgan fingerprint density at radius 1 is 1.26 bits per heavy atom. The van der Waals surface area contributed by atoms with Gasteiger partial charge in [-0.1, -0.05) is 19.9 Å². The van der Waals surface area contributed by atoms with E-state index in [0.29, 0.717) is 17.6 Å². The summed E-state index contributed by atoms with van der Waals surface area (Å²) in [5.74, 6) is 0.852. The lowest BCUT2D eigenvalue weighted by Gasteiger charge is -2.35. The van der Waals surface area contributed by atoms with Crippen molar-refractivity contribution >= 4 is 11.8 Å². The minimum Gasteiger partial charge on any atom is -0.493 e. The predicted octanol–water partition coefficient (Wildman–Crippen LogP) is 1.68. The lowest BCUT2D eigenvalue weighted by Crippen LogP contribution is -2.44. The number of carbonyl (C=O) groups excluding carboxylic acids is 2. The molecule has 1 aliphatic rings. The summed E-state index contributed by atoms with van der Waals surface area (Å²) >= 11 is 0. The van der Waals surface area contributed by atoms with Gasteiger partial charge in [0, 0.05) is 13.1 Å². The van der Waals surface area contributed by atoms with Crippen LogP contribution in [-0.2, 0) is 4.79 Å². The average molecular weight is 320 g/mol. The maximum Gasteiger partial charge on any atom is 0.260 e. The molecule has 1 aliphatic heterocycles. The van der Waals surface area contributed by atoms with E-state index in [2.05, 4.69) is 13.8 Å². The van der Waals surface area contributed by atoms with Crippen molar-refractivity contribution in [2.75, 3.05) is 26.8 Å². The van der Waals surface area contributed by atoms with Gasteiger partial charge in [-0.15, -0.1) is 0 Å². The Hall–Kier alpha value is -2.24. The van der Waals surface area contributed by atoms with E-state index in [1.807, 2.05) is 4.90 Å². The number of primary amides is 1. The fourth-order valence-corrected chi connectivity index (χ4v) is 3.11. The second kappa shape index (κ2) is 7.35. The van der Waals surface area contributed by atoms with Crippen LogP contribution < -0.4 is 15.2 Å². The molecule has 2 unspecified atom stereocenters. The summed E-state index contributed by atoms with van der Waals surface area (Å²) in [4.78, 5) is 25.7. The summed E-state index contributed by atoms with van der Waals surface area (Å²) in [6.45, 7) is 5.62. The van der Waals surface area contributed by atoms with Gasteiger partial charge in [0.15, 0.2) is 18.1 Å². The van der Waals surface area contributed by atoms with E-state index >= 15 is 0 Å². The third-order valence-corrected chi connectivity index (χ3v) is 4.03. The van der Waals surface area contributed by atoms with Gasteiger partial charge < -0.3 is 20.1 Å². The molecule has 0 aromatic heterocycles. The van der Waals surface area contributed by atoms with Crippen molar-refractivity contribution in [1.29, 1.82) is 0 Å². The lowest BCUT2D eigenvalue weighted by molar-refractivity contribution is -0.136. The summed E-state index contributed by atoms with van der Waals surface area (Å²) in [5.41, 5.74) is 5.56. The summed E-state index contributed by atoms with van der Waals surface area (Å²) in [6.07, 6.45) is 1.13. The third-order valence-electron chi connectivity index (χ3n) is 4.03. The molecule has 23 heavy (non-hydrogen) atoms. The molecule has 2 N–H and O–H groups in total. The van der Waals surface area contributed by atoms with Gasteiger partial charge in [0.1, 0.15) is 0 Å². The number of carbonyl (C=O) groups is 2. The summed E-state index contributed by atoms with van der Waals surface area (Å²) in [6, 6.07) is 4.87. The molecule has 0 spiro atoms. The van der Waals surface area contributed by atoms with Crippen LogP contribution >= 0.6 is 0 Å². The largest absolute Gasteiger partial charge is 0.493 e. The average Bonchev–Trinajstić information content (AvgIpc) is 2.51. The Kier molecular flexibility index (Phi) is 5.47. The van der Waals surface area contributed by atoms with Crippen LogP contribution in [0.2, 0.25) is 0 Å². The van der Waals surface area contributed by atoms with Crippen LogP contribution in [0.4, 0.5) is 0 Å². The number of piperidine rings is 1. The van der Waals surface area contributed by atoms with Gasteiger partial charge in [-0.05, 0) is 30.4 Å². The van der Waals surface area contributed by atoms with E-state index in [9.17, 15) is 9.59 Å². The molecule has 1 fully saturated rings. The number of nitrogens with two attached hydrogens (primary N) is 1. The number of hydrogen-bond acceptors (Lipinski definition) is 4. The molecule has 0 radical (unpaired) electrons. The number of rotatable bonds is 5. The molecule has 2 amide bonds. The van der Waals surface area contributed by atoms with Gasteiger partial charge in [-0.3, -0.25) is 9.59 Å². The Balaban J connectivity index is 2.08. The standard InChI is InChI=1S/C17H24N2O4/c1-11-7-12(2)9-19(8-11)15(20)10-23-16-13(17(18)21)5-4-6-14(16)22-3/h4-6,11-12H,7-10H2,1-3H3,(H2,18,21). The van der Waals surface area contributed by atoms with Crippen molar-refractivity contribution in [3.05, 3.63) is 23.8 Å². The number of nitrogens with zero attached hydrogens (tertiary/aromatic N) is 1. The fraction of sp³-hybridized carbons (Fsp3) is 0.529. The third kappa shape index (κ3) is 4.15. The Bertz CT molecular complexity index is 578. The van der Waals surface area contributed by atoms with Crippen molar-refractivity contribution in [3.8, 4) is 11.5 Å². The van der Waals surface area contributed by atoms with Gasteiger partial charge in [-0.2, -0.15) is 0 Å². The van der Waals surface area contributed by atoms with Crippen LogP contribution in [0.5, 0.6) is 11.5 Å². The minimum absolute atomic E-state index is 0.0928. The topological polar surface area (TPSA) is 81.9 Å². The van der Waals surface area contributed by atoms with E-state index in [0.717, 1.165) is 19.5 Å². The number of hydrogen-bond donors (Lipinski definition) is 1. The Morgan fingerprint density at radius 3 is 2.48 bits per heavy atom. The highest BCUT2D eigenvalue weighted by molar-refractivity contribution is 5.96. The van der Waals surface area contributed by atoms with Crippen LogP contribution in [-0.4, -0.2) is 43.5 Å². The predicted molar refractivity (Wildman–Crippen MR) is 86.5 cm³/mol. The number of amides is 2. The molecule has 0 saturated carbocycles. The van der Waals surface area contributed by atoms with E-state index in [1.165, 1.54) is 7.11 Å². The van der Waals surface area contributed by atoms with Gasteiger partial charge >= 0.3 is 0 Å². The van der Waals surface area contributed by atoms with Crippen molar-refractivity contribution < 1.29 is 19.1 Å². The zero-order chi connectivity index (χ0) is 17.0. The number of ether oxygens (including phenoxy) is 2. The molecular weight excluding hydrogens is 296 g/mol. The van der Waals surface area contributed by atoms with Crippen LogP contribution in [0.25, 0.3) is 0 Å². The second-order valence-corrected chi connectivity index (χ2v) is 6.23. The van der Waals surface area contributed by atoms with Gasteiger partial charge in [0.2, 0.25) is 0 Å². The normalized spacial score (nSPS) is 20.9. The molecule has 2 rings (SSSR count). The van der Waals surface area contributed by atoms with Crippen molar-refractivity contribution in [2.24, 2.45) is 17.6 Å². The monoisotopic (exact) mass is 320 g/mol. The zero-order valence-corrected chi connectivity index (χ0v) is 13.9. The molecular formula is C17H24N2O4. The van der Waals surface area contributed by atoms with Crippen LogP contribution in [0.1, 0.15) is 30.6 Å². The molecule has 6 nitrogen and oxygen atoms in total. The van der Waals surface area contributed by atoms with Crippen molar-refractivity contribution in [3.63, 3.8) is 0 Å². The summed E-state index contributed by atoms with van der Waals surface area (Å²) < 4.78 is 10.8. The Labute approximate surface area is 136 Å². The highest BCUT2D eigenvalue weighted by Crippen LogP contribution is 2.31. The Morgan fingerprint density at radius 2 is 1.91 bits per heavy atom. The maximum absolute atomic E-state index is 12.4. The van der Waals surface area contributed by atoms with E-state index in [4.69, 9.17) is 15.2 Å². The molecule has 1 saturated heterocycles. The molecule has 126 valence electrons. The molecule has 6 heteroatoms. The fourth-order valence-electron chi connectivity index (χ4n) is 3.11. The number of methoxy groups -OCH3 is 1. The van der Waals surface area contributed by atoms with E-state index in [-0.39, 0.29) is 23.8 Å². The van der Waals surface area contributed by atoms with Crippen LogP contribution in [0, 0.1) is 11.8 Å². The molecule has 1 heterocycles. The SMILES string of the molecule is COc1cccc(C(N)=O)c1OCC(=O)N1CC(C)CC(C)C1. The quantitative estimate of drug-likeness (QED) is 0.895. The first-order valence-corrected chi connectivity index (χ1v) is 7.79. The summed E-state index contributed by atoms with van der Waals surface area (Å²) in [5, 5.41) is 0. The lowest BCUT2D eigenvalue weighted by atomic mass is 9.92. The first-order chi connectivity index (χ1) is 10.9. The highest BCUT2D eigenvalue weighted by Gasteiger charge is 2.26. The number of para-hydroxylation sites is 1. The smallest absolute Gasteiger partial charge is 0.260 e. The molecule has 0 bridgehead atoms. The van der Waals surface area contributed by atoms with Crippen molar-refractivity contribution in [2.45, 2.75) is 20.3 Å². The van der Waals surface area contributed by atoms with Gasteiger partial charge in [-0.25, -0.2) is 0 Å². The van der Waals surface area contributed by atoms with Crippen LogP contribution in [0.15, 0.2) is 18.2 Å². The molecule has 0 aliphatic carbocycles. The number of likely N-dealkylation sites (tertiary alicyclic amines) is 1. The van der Waals surface area contributed by atoms with Gasteiger partial charge in [0.25, 0.3) is 11.8 Å². The second-order valence-electron chi connectivity index (χ2n) is 6.23. The number of benzene rings is 1. The van der Waals surface area contributed by atoms with E-state index in [1.54, 1.807) is 18.2 Å². The van der Waals surface area contributed by atoms with Crippen LogP contribution in [0.3, 0.4) is 0 Å². The molecule has 1 aromatic rings. The maximum atomic E-state index is 12.4. The summed E-state index contributed by atoms with van der Waals surface area (Å²) in [7, 11) is 1.47. The first-order valence-electron chi connectivity index (χ1n) is 7.79. The molecule has 1 aromatic carbocycles. The molecule has 2 atom stereocenters. The van der Waals surface area contributed by atoms with Crippen molar-refractivity contribution in [1.82, 2.24) is 4.90 Å². The first kappa shape index (κ1) is 17.1. The highest BCUT2D eigenvalue weighted by atomic mass is 16.5. The zero-order valence-electron chi connectivity index (χ0n) is 13.9. The van der Waals surface area contributed by atoms with E-state index < -0.39 is 5.91 Å². The minimum atomic E-state index is -0.619. The van der Waals surface area contributed by atoms with Gasteiger partial charge in [0.05, 0.1) is 12.7 Å².